The van der Waals surface area contributed by atoms with E-state index in [9.17, 15) is 14.7 Å². The van der Waals surface area contributed by atoms with Crippen LogP contribution in [0.25, 0.3) is 0 Å². The van der Waals surface area contributed by atoms with E-state index >= 15 is 0 Å². The third-order valence-electron chi connectivity index (χ3n) is 5.26. The zero-order valence-corrected chi connectivity index (χ0v) is 19.3. The van der Waals surface area contributed by atoms with Crippen LogP contribution in [0.1, 0.15) is 40.4 Å². The normalized spacial score (nSPS) is 13.8. The molecule has 4 N–H and O–H groups in total. The lowest BCUT2D eigenvalue weighted by Gasteiger charge is -2.17. The summed E-state index contributed by atoms with van der Waals surface area (Å²) in [6.45, 7) is 0.937. The first kappa shape index (κ1) is 23.4. The number of carbonyl (C=O) groups excluding carboxylic acids is 1. The number of carboxylic acid groups (broad SMARTS) is 1. The van der Waals surface area contributed by atoms with E-state index in [1.54, 1.807) is 24.5 Å². The van der Waals surface area contributed by atoms with E-state index in [-0.39, 0.29) is 17.6 Å². The van der Waals surface area contributed by atoms with Crippen LogP contribution in [0.15, 0.2) is 89.8 Å². The molecular formula is C26H26N4O3S. The third kappa shape index (κ3) is 6.62. The maximum Gasteiger partial charge on any atom is 0.304 e. The summed E-state index contributed by atoms with van der Waals surface area (Å²) in [4.78, 5) is 29.1. The summed E-state index contributed by atoms with van der Waals surface area (Å²) in [6, 6.07) is 18.5. The van der Waals surface area contributed by atoms with Crippen LogP contribution < -0.4 is 16.0 Å². The number of pyridine rings is 1. The van der Waals surface area contributed by atoms with Crippen LogP contribution in [0.2, 0.25) is 0 Å². The minimum Gasteiger partial charge on any atom is -0.481 e. The largest absolute Gasteiger partial charge is 0.481 e. The average molecular weight is 475 g/mol. The quantitative estimate of drug-likeness (QED) is 0.313. The highest BCUT2D eigenvalue weighted by Crippen LogP contribution is 2.37. The van der Waals surface area contributed by atoms with Crippen LogP contribution in [0.5, 0.6) is 0 Å². The number of anilines is 2. The number of carbonyl (C=O) groups is 2. The number of amides is 1. The lowest BCUT2D eigenvalue weighted by Crippen LogP contribution is -2.24. The van der Waals surface area contributed by atoms with Crippen molar-refractivity contribution in [2.75, 3.05) is 17.2 Å². The van der Waals surface area contributed by atoms with Gasteiger partial charge in [-0.1, -0.05) is 12.1 Å². The van der Waals surface area contributed by atoms with Gasteiger partial charge in [-0.3, -0.25) is 14.6 Å². The Balaban J connectivity index is 1.39. The first-order valence-corrected chi connectivity index (χ1v) is 12.0. The predicted octanol–water partition coefficient (Wildman–Crippen LogP) is 5.28. The maximum absolute atomic E-state index is 12.8. The minimum atomic E-state index is -0.863. The molecule has 174 valence electrons. The lowest BCUT2D eigenvalue weighted by atomic mass is 10.1. The van der Waals surface area contributed by atoms with Gasteiger partial charge < -0.3 is 21.1 Å². The number of rotatable bonds is 9. The molecule has 0 fully saturated rings. The van der Waals surface area contributed by atoms with Crippen LogP contribution in [-0.4, -0.2) is 28.5 Å². The van der Waals surface area contributed by atoms with E-state index in [0.717, 1.165) is 41.4 Å². The van der Waals surface area contributed by atoms with Crippen molar-refractivity contribution in [1.82, 2.24) is 10.3 Å². The summed E-state index contributed by atoms with van der Waals surface area (Å²) in [5.41, 5.74) is 2.93. The van der Waals surface area contributed by atoms with Gasteiger partial charge in [0.25, 0.3) is 5.91 Å². The number of carboxylic acids is 1. The maximum atomic E-state index is 12.8. The Labute approximate surface area is 202 Å². The Morgan fingerprint density at radius 3 is 2.65 bits per heavy atom. The first-order valence-electron chi connectivity index (χ1n) is 11.1. The molecule has 0 bridgehead atoms. The summed E-state index contributed by atoms with van der Waals surface area (Å²) in [5, 5.41) is 18.6. The van der Waals surface area contributed by atoms with E-state index in [0.29, 0.717) is 11.3 Å². The monoisotopic (exact) mass is 474 g/mol. The Hall–Kier alpha value is -3.78. The summed E-state index contributed by atoms with van der Waals surface area (Å²) in [7, 11) is 0. The summed E-state index contributed by atoms with van der Waals surface area (Å²) < 4.78 is 0. The Bertz CT molecular complexity index is 1170. The standard InChI is InChI=1S/C26H26N4O3S/c31-25(32)16-23(19-6-4-13-27-17-19)34-22-11-9-20(10-12-22)30-26(33)18-5-3-7-21(15-18)29-24-8-1-2-14-28-24/h3-13,15,17,23,28-29H,1-2,14,16H2,(H,30,33)(H,31,32). The molecule has 1 amide bonds. The number of nitrogens with one attached hydrogen (secondary N) is 3. The number of allylic oxidation sites excluding steroid dienone is 1. The van der Waals surface area contributed by atoms with Crippen LogP contribution in [0, 0.1) is 0 Å². The summed E-state index contributed by atoms with van der Waals surface area (Å²) in [5.74, 6) is -0.101. The number of aromatic nitrogens is 1. The van der Waals surface area contributed by atoms with Crippen molar-refractivity contribution >= 4 is 35.0 Å². The van der Waals surface area contributed by atoms with Gasteiger partial charge in [0, 0.05) is 46.0 Å². The molecule has 8 heteroatoms. The number of thioether (sulfide) groups is 1. The predicted molar refractivity (Wildman–Crippen MR) is 135 cm³/mol. The second kappa shape index (κ2) is 11.4. The Kier molecular flexibility index (Phi) is 7.83. The van der Waals surface area contributed by atoms with Crippen molar-refractivity contribution in [3.8, 4) is 0 Å². The molecule has 7 nitrogen and oxygen atoms in total. The highest BCUT2D eigenvalue weighted by Gasteiger charge is 2.17. The molecule has 1 aliphatic rings. The van der Waals surface area contributed by atoms with Crippen molar-refractivity contribution < 1.29 is 14.7 Å². The van der Waals surface area contributed by atoms with Crippen molar-refractivity contribution in [2.24, 2.45) is 0 Å². The van der Waals surface area contributed by atoms with Crippen molar-refractivity contribution in [3.05, 3.63) is 96.1 Å². The SMILES string of the molecule is O=C(O)CC(Sc1ccc(NC(=O)c2cccc(NC3=CCCCN3)c2)cc1)c1cccnc1. The molecule has 1 atom stereocenters. The van der Waals surface area contributed by atoms with Gasteiger partial charge in [0.1, 0.15) is 0 Å². The second-order valence-electron chi connectivity index (χ2n) is 7.86. The number of nitrogens with zero attached hydrogens (tertiary/aromatic N) is 1. The smallest absolute Gasteiger partial charge is 0.304 e. The Morgan fingerprint density at radius 2 is 1.94 bits per heavy atom. The molecule has 2 aromatic carbocycles. The van der Waals surface area contributed by atoms with E-state index in [4.69, 9.17) is 0 Å². The molecule has 1 aliphatic heterocycles. The fourth-order valence-corrected chi connectivity index (χ4v) is 4.69. The number of hydrogen-bond acceptors (Lipinski definition) is 6. The molecule has 0 spiro atoms. The van der Waals surface area contributed by atoms with E-state index < -0.39 is 5.97 Å². The van der Waals surface area contributed by atoms with Gasteiger partial charge >= 0.3 is 5.97 Å². The molecule has 2 heterocycles. The summed E-state index contributed by atoms with van der Waals surface area (Å²) >= 11 is 1.46. The Morgan fingerprint density at radius 1 is 1.09 bits per heavy atom. The molecule has 1 aromatic heterocycles. The highest BCUT2D eigenvalue weighted by molar-refractivity contribution is 7.99. The van der Waals surface area contributed by atoms with Crippen molar-refractivity contribution in [2.45, 2.75) is 29.4 Å². The van der Waals surface area contributed by atoms with Gasteiger partial charge in [0.2, 0.25) is 0 Å². The van der Waals surface area contributed by atoms with E-state index in [1.165, 1.54) is 11.8 Å². The van der Waals surface area contributed by atoms with Crippen LogP contribution >= 0.6 is 11.8 Å². The van der Waals surface area contributed by atoms with E-state index in [2.05, 4.69) is 27.0 Å². The van der Waals surface area contributed by atoms with Crippen molar-refractivity contribution in [3.63, 3.8) is 0 Å². The zero-order chi connectivity index (χ0) is 23.8. The molecule has 0 aliphatic carbocycles. The van der Waals surface area contributed by atoms with Gasteiger partial charge in [-0.25, -0.2) is 0 Å². The summed E-state index contributed by atoms with van der Waals surface area (Å²) in [6.07, 6.45) is 7.62. The molecule has 0 saturated carbocycles. The molecule has 34 heavy (non-hydrogen) atoms. The molecule has 3 aromatic rings. The van der Waals surface area contributed by atoms with Crippen LogP contribution in [-0.2, 0) is 4.79 Å². The van der Waals surface area contributed by atoms with Gasteiger partial charge in [0.15, 0.2) is 0 Å². The van der Waals surface area contributed by atoms with Gasteiger partial charge in [-0.05, 0) is 73.0 Å². The molecular weight excluding hydrogens is 448 g/mol. The zero-order valence-electron chi connectivity index (χ0n) is 18.5. The van der Waals surface area contributed by atoms with Crippen molar-refractivity contribution in [1.29, 1.82) is 0 Å². The van der Waals surface area contributed by atoms with Gasteiger partial charge in [-0.15, -0.1) is 11.8 Å². The fourth-order valence-electron chi connectivity index (χ4n) is 3.57. The van der Waals surface area contributed by atoms with Gasteiger partial charge in [-0.2, -0.15) is 0 Å². The number of benzene rings is 2. The molecule has 0 saturated heterocycles. The first-order chi connectivity index (χ1) is 16.6. The second-order valence-corrected chi connectivity index (χ2v) is 9.14. The lowest BCUT2D eigenvalue weighted by molar-refractivity contribution is -0.137. The molecule has 4 rings (SSSR count). The number of aliphatic carboxylic acids is 1. The van der Waals surface area contributed by atoms with Crippen LogP contribution in [0.3, 0.4) is 0 Å². The third-order valence-corrected chi connectivity index (χ3v) is 6.52. The van der Waals surface area contributed by atoms with Crippen LogP contribution in [0.4, 0.5) is 11.4 Å². The average Bonchev–Trinajstić information content (AvgIpc) is 2.86. The van der Waals surface area contributed by atoms with Gasteiger partial charge in [0.05, 0.1) is 12.2 Å². The molecule has 1 unspecified atom stereocenters. The fraction of sp³-hybridized carbons (Fsp3) is 0.192. The number of hydrogen-bond donors (Lipinski definition) is 4. The minimum absolute atomic E-state index is 0.00829. The highest BCUT2D eigenvalue weighted by atomic mass is 32.2. The topological polar surface area (TPSA) is 103 Å². The molecule has 0 radical (unpaired) electrons. The van der Waals surface area contributed by atoms with E-state index in [1.807, 2.05) is 48.5 Å².